The van der Waals surface area contributed by atoms with E-state index in [9.17, 15) is 18.0 Å². The van der Waals surface area contributed by atoms with Gasteiger partial charge >= 0.3 is 0 Å². The molecule has 0 heterocycles. The summed E-state index contributed by atoms with van der Waals surface area (Å²) in [7, 11) is -4.27. The van der Waals surface area contributed by atoms with Gasteiger partial charge in [-0.05, 0) is 75.2 Å². The highest BCUT2D eigenvalue weighted by atomic mass is 35.5. The Balaban J connectivity index is 1.88. The van der Waals surface area contributed by atoms with E-state index in [2.05, 4.69) is 5.32 Å². The number of carbonyl (C=O) groups excluding carboxylic acids is 2. The number of hydrogen-bond acceptors (Lipinski definition) is 4. The summed E-state index contributed by atoms with van der Waals surface area (Å²) >= 11 is 19.5. The first-order valence-corrected chi connectivity index (χ1v) is 17.2. The highest BCUT2D eigenvalue weighted by molar-refractivity contribution is 7.92. The van der Waals surface area contributed by atoms with Crippen molar-refractivity contribution < 1.29 is 18.0 Å². The highest BCUT2D eigenvalue weighted by Crippen LogP contribution is 2.31. The van der Waals surface area contributed by atoms with Crippen molar-refractivity contribution in [3.05, 3.63) is 129 Å². The second-order valence-corrected chi connectivity index (χ2v) is 15.0. The number of aryl methyl sites for hydroxylation is 1. The third-order valence-electron chi connectivity index (χ3n) is 7.21. The first-order valence-electron chi connectivity index (χ1n) is 14.6. The van der Waals surface area contributed by atoms with Crippen LogP contribution in [0.4, 0.5) is 5.69 Å². The van der Waals surface area contributed by atoms with Gasteiger partial charge in [0.1, 0.15) is 12.6 Å². The maximum Gasteiger partial charge on any atom is 0.264 e. The van der Waals surface area contributed by atoms with Gasteiger partial charge < -0.3 is 10.2 Å². The zero-order valence-electron chi connectivity index (χ0n) is 26.0. The summed E-state index contributed by atoms with van der Waals surface area (Å²) in [5, 5.41) is 3.91. The van der Waals surface area contributed by atoms with E-state index in [1.54, 1.807) is 55.5 Å². The van der Waals surface area contributed by atoms with E-state index >= 15 is 0 Å². The number of rotatable bonds is 11. The molecule has 0 fully saturated rings. The second-order valence-electron chi connectivity index (χ2n) is 11.9. The number of carbonyl (C=O) groups is 2. The van der Waals surface area contributed by atoms with Gasteiger partial charge in [0.15, 0.2) is 0 Å². The van der Waals surface area contributed by atoms with Crippen LogP contribution in [0.1, 0.15) is 37.5 Å². The molecule has 1 N–H and O–H groups in total. The van der Waals surface area contributed by atoms with Crippen LogP contribution in [0.15, 0.2) is 102 Å². The molecule has 0 aliphatic rings. The first kappa shape index (κ1) is 35.3. The molecule has 11 heteroatoms. The number of nitrogens with zero attached hydrogens (tertiary/aromatic N) is 2. The predicted molar refractivity (Wildman–Crippen MR) is 186 cm³/mol. The van der Waals surface area contributed by atoms with Gasteiger partial charge in [0.05, 0.1) is 10.6 Å². The van der Waals surface area contributed by atoms with Crippen LogP contribution in [0.5, 0.6) is 0 Å². The molecule has 7 nitrogen and oxygen atoms in total. The summed E-state index contributed by atoms with van der Waals surface area (Å²) in [4.78, 5) is 30.0. The van der Waals surface area contributed by atoms with Crippen LogP contribution in [-0.4, -0.2) is 43.3 Å². The van der Waals surface area contributed by atoms with Crippen molar-refractivity contribution >= 4 is 62.3 Å². The first-order chi connectivity index (χ1) is 21.7. The fraction of sp³-hybridized carbons (Fsp3) is 0.257. The van der Waals surface area contributed by atoms with E-state index in [0.717, 1.165) is 9.87 Å². The molecule has 0 spiro atoms. The maximum atomic E-state index is 14.7. The molecule has 2 amide bonds. The lowest BCUT2D eigenvalue weighted by Crippen LogP contribution is -2.56. The Labute approximate surface area is 286 Å². The molecule has 0 saturated heterocycles. The number of halogens is 3. The summed E-state index contributed by atoms with van der Waals surface area (Å²) in [6.07, 6.45) is 0.151. The fourth-order valence-electron chi connectivity index (χ4n) is 4.94. The number of hydrogen-bond donors (Lipinski definition) is 1. The van der Waals surface area contributed by atoms with Crippen LogP contribution in [0, 0.1) is 6.92 Å². The van der Waals surface area contributed by atoms with Crippen molar-refractivity contribution in [1.82, 2.24) is 10.2 Å². The maximum absolute atomic E-state index is 14.7. The smallest absolute Gasteiger partial charge is 0.264 e. The fourth-order valence-corrected chi connectivity index (χ4v) is 7.12. The van der Waals surface area contributed by atoms with Crippen molar-refractivity contribution in [3.8, 4) is 0 Å². The van der Waals surface area contributed by atoms with Gasteiger partial charge in [0, 0.05) is 39.1 Å². The lowest BCUT2D eigenvalue weighted by atomic mass is 10.0. The van der Waals surface area contributed by atoms with E-state index in [1.807, 2.05) is 51.1 Å². The second kappa shape index (κ2) is 14.9. The molecule has 0 aliphatic heterocycles. The van der Waals surface area contributed by atoms with Crippen LogP contribution >= 0.6 is 34.8 Å². The average Bonchev–Trinajstić information content (AvgIpc) is 3.00. The molecule has 242 valence electrons. The molecule has 0 saturated carbocycles. The number of amides is 2. The summed E-state index contributed by atoms with van der Waals surface area (Å²) in [5.41, 5.74) is 1.43. The van der Waals surface area contributed by atoms with Crippen molar-refractivity contribution in [2.75, 3.05) is 10.8 Å². The Morgan fingerprint density at radius 3 is 2.00 bits per heavy atom. The van der Waals surface area contributed by atoms with Crippen LogP contribution < -0.4 is 9.62 Å². The van der Waals surface area contributed by atoms with Gasteiger partial charge in [-0.15, -0.1) is 0 Å². The van der Waals surface area contributed by atoms with Crippen molar-refractivity contribution in [2.45, 2.75) is 57.1 Å². The van der Waals surface area contributed by atoms with Crippen molar-refractivity contribution in [2.24, 2.45) is 0 Å². The normalized spacial score (nSPS) is 12.3. The van der Waals surface area contributed by atoms with E-state index in [4.69, 9.17) is 34.8 Å². The van der Waals surface area contributed by atoms with E-state index < -0.39 is 40.0 Å². The molecule has 0 bridgehead atoms. The molecule has 4 aromatic rings. The van der Waals surface area contributed by atoms with E-state index in [-0.39, 0.29) is 23.5 Å². The van der Waals surface area contributed by atoms with Crippen molar-refractivity contribution in [1.29, 1.82) is 0 Å². The average molecular weight is 701 g/mol. The molecular formula is C35H36Cl3N3O4S. The third kappa shape index (κ3) is 8.82. The standard InChI is InChI=1S/C35H36Cl3N3O4S/c1-24-18-19-26(36)21-31(24)41(46(44,45)27-14-9-6-10-15-27)23-33(42)40(22-28-29(37)16-11-17-30(28)38)32(34(43)39-35(2,3)4)20-25-12-7-5-8-13-25/h5-19,21,32H,20,22-23H2,1-4H3,(H,39,43)/t32-/m0/s1. The molecule has 46 heavy (non-hydrogen) atoms. The molecule has 4 rings (SSSR count). The number of anilines is 1. The van der Waals surface area contributed by atoms with Crippen LogP contribution in [-0.2, 0) is 32.6 Å². The van der Waals surface area contributed by atoms with Crippen LogP contribution in [0.3, 0.4) is 0 Å². The minimum atomic E-state index is -4.27. The summed E-state index contributed by atoms with van der Waals surface area (Å²) < 4.78 is 29.4. The Kier molecular flexibility index (Phi) is 11.4. The Morgan fingerprint density at radius 1 is 0.826 bits per heavy atom. The Morgan fingerprint density at radius 2 is 1.41 bits per heavy atom. The predicted octanol–water partition coefficient (Wildman–Crippen LogP) is 7.71. The zero-order chi connectivity index (χ0) is 33.6. The van der Waals surface area contributed by atoms with E-state index in [0.29, 0.717) is 26.2 Å². The van der Waals surface area contributed by atoms with Gasteiger partial charge in [-0.2, -0.15) is 0 Å². The molecular weight excluding hydrogens is 665 g/mol. The number of benzene rings is 4. The molecule has 4 aromatic carbocycles. The van der Waals surface area contributed by atoms with Gasteiger partial charge in [0.25, 0.3) is 10.0 Å². The Hall–Kier alpha value is -3.56. The SMILES string of the molecule is Cc1ccc(Cl)cc1N(CC(=O)N(Cc1c(Cl)cccc1Cl)[C@@H](Cc1ccccc1)C(=O)NC(C)(C)C)S(=O)(=O)c1ccccc1. The quantitative estimate of drug-likeness (QED) is 0.174. The van der Waals surface area contributed by atoms with Crippen LogP contribution in [0.2, 0.25) is 15.1 Å². The summed E-state index contributed by atoms with van der Waals surface area (Å²) in [5.74, 6) is -1.05. The van der Waals surface area contributed by atoms with Gasteiger partial charge in [-0.25, -0.2) is 8.42 Å². The monoisotopic (exact) mass is 699 g/mol. The minimum absolute atomic E-state index is 0.00538. The van der Waals surface area contributed by atoms with Crippen molar-refractivity contribution in [3.63, 3.8) is 0 Å². The van der Waals surface area contributed by atoms with Gasteiger partial charge in [0.2, 0.25) is 11.8 Å². The van der Waals surface area contributed by atoms with Crippen LogP contribution in [0.25, 0.3) is 0 Å². The minimum Gasteiger partial charge on any atom is -0.350 e. The number of nitrogens with one attached hydrogen (secondary N) is 1. The molecule has 0 aliphatic carbocycles. The van der Waals surface area contributed by atoms with Gasteiger partial charge in [-0.3, -0.25) is 13.9 Å². The molecule has 0 aromatic heterocycles. The lowest BCUT2D eigenvalue weighted by molar-refractivity contribution is -0.140. The largest absolute Gasteiger partial charge is 0.350 e. The zero-order valence-corrected chi connectivity index (χ0v) is 29.1. The number of sulfonamides is 1. The highest BCUT2D eigenvalue weighted by Gasteiger charge is 2.36. The molecule has 0 unspecified atom stereocenters. The lowest BCUT2D eigenvalue weighted by Gasteiger charge is -2.36. The van der Waals surface area contributed by atoms with Gasteiger partial charge in [-0.1, -0.05) is 95.5 Å². The topological polar surface area (TPSA) is 86.8 Å². The summed E-state index contributed by atoms with van der Waals surface area (Å²) in [6.45, 7) is 6.49. The van der Waals surface area contributed by atoms with E-state index in [1.165, 1.54) is 23.1 Å². The Bertz CT molecular complexity index is 1780. The summed E-state index contributed by atoms with van der Waals surface area (Å²) in [6, 6.07) is 25.9. The molecule has 0 radical (unpaired) electrons. The molecule has 1 atom stereocenters. The third-order valence-corrected chi connectivity index (χ3v) is 9.93.